The van der Waals surface area contributed by atoms with Crippen LogP contribution >= 0.6 is 0 Å². The molecule has 0 saturated heterocycles. The summed E-state index contributed by atoms with van der Waals surface area (Å²) < 4.78 is 30.6. The zero-order valence-corrected chi connectivity index (χ0v) is 20.6. The normalized spacial score (nSPS) is 12.3. The first kappa shape index (κ1) is 22.8. The molecule has 7 nitrogen and oxygen atoms in total. The van der Waals surface area contributed by atoms with Gasteiger partial charge in [0.1, 0.15) is 0 Å². The van der Waals surface area contributed by atoms with E-state index in [1.807, 2.05) is 32.9 Å². The van der Waals surface area contributed by atoms with Crippen molar-refractivity contribution in [2.75, 3.05) is 10.5 Å². The fraction of sp³-hybridized carbons (Fsp3) is 0.280. The Hall–Kier alpha value is -3.39. The largest absolute Gasteiger partial charge is 0.399 e. The van der Waals surface area contributed by atoms with Crippen LogP contribution in [-0.4, -0.2) is 23.2 Å². The van der Waals surface area contributed by atoms with E-state index in [4.69, 9.17) is 15.8 Å². The zero-order chi connectivity index (χ0) is 24.1. The molecule has 0 radical (unpaired) electrons. The van der Waals surface area contributed by atoms with Crippen molar-refractivity contribution in [2.24, 2.45) is 0 Å². The van der Waals surface area contributed by atoms with E-state index >= 15 is 0 Å². The van der Waals surface area contributed by atoms with Crippen LogP contribution < -0.4 is 10.5 Å². The Morgan fingerprint density at radius 1 is 0.939 bits per heavy atom. The van der Waals surface area contributed by atoms with Crippen LogP contribution in [0, 0.1) is 20.8 Å². The van der Waals surface area contributed by atoms with Crippen LogP contribution in [-0.2, 0) is 15.4 Å². The number of aromatic nitrogens is 3. The lowest BCUT2D eigenvalue weighted by molar-refractivity contribution is 0.570. The molecule has 3 N–H and O–H groups in total. The maximum Gasteiger partial charge on any atom is 0.263 e. The minimum absolute atomic E-state index is 0.112. The summed E-state index contributed by atoms with van der Waals surface area (Å²) in [5, 5.41) is 5.33. The number of rotatable bonds is 4. The Balaban J connectivity index is 1.94. The first-order valence-electron chi connectivity index (χ1n) is 10.7. The fourth-order valence-corrected chi connectivity index (χ4v) is 5.00. The highest BCUT2D eigenvalue weighted by atomic mass is 32.2. The summed E-state index contributed by atoms with van der Waals surface area (Å²) >= 11 is 0. The van der Waals surface area contributed by atoms with Gasteiger partial charge < -0.3 is 5.73 Å². The maximum atomic E-state index is 13.1. The van der Waals surface area contributed by atoms with E-state index in [2.05, 4.69) is 37.6 Å². The van der Waals surface area contributed by atoms with E-state index in [0.717, 1.165) is 28.1 Å². The molecule has 0 fully saturated rings. The highest BCUT2D eigenvalue weighted by molar-refractivity contribution is 7.92. The summed E-state index contributed by atoms with van der Waals surface area (Å²) in [6.45, 7) is 12.4. The molecule has 4 aromatic rings. The van der Waals surface area contributed by atoms with Gasteiger partial charge in [-0.3, -0.25) is 4.72 Å². The molecule has 0 aliphatic rings. The summed E-state index contributed by atoms with van der Waals surface area (Å²) in [5.41, 5.74) is 11.6. The quantitative estimate of drug-likeness (QED) is 0.413. The number of benzene rings is 2. The molecule has 0 bridgehead atoms. The molecule has 172 valence electrons. The van der Waals surface area contributed by atoms with Gasteiger partial charge in [-0.1, -0.05) is 38.5 Å². The molecule has 0 unspecified atom stereocenters. The summed E-state index contributed by atoms with van der Waals surface area (Å²) in [5.74, 6) is 0.231. The van der Waals surface area contributed by atoms with Crippen LogP contribution in [0.15, 0.2) is 53.4 Å². The predicted octanol–water partition coefficient (Wildman–Crippen LogP) is 5.03. The number of pyridine rings is 1. The van der Waals surface area contributed by atoms with Crippen molar-refractivity contribution < 1.29 is 8.42 Å². The second-order valence-corrected chi connectivity index (χ2v) is 11.2. The Morgan fingerprint density at radius 2 is 1.55 bits per heavy atom. The van der Waals surface area contributed by atoms with Crippen LogP contribution in [0.1, 0.15) is 43.2 Å². The van der Waals surface area contributed by atoms with Crippen molar-refractivity contribution in [1.82, 2.24) is 14.8 Å². The monoisotopic (exact) mass is 463 g/mol. The first-order valence-corrected chi connectivity index (χ1v) is 12.2. The van der Waals surface area contributed by atoms with Gasteiger partial charge >= 0.3 is 0 Å². The van der Waals surface area contributed by atoms with E-state index in [-0.39, 0.29) is 16.1 Å². The first-order chi connectivity index (χ1) is 15.4. The molecule has 2 aromatic carbocycles. The van der Waals surface area contributed by atoms with E-state index in [9.17, 15) is 8.42 Å². The van der Waals surface area contributed by atoms with Crippen LogP contribution in [0.3, 0.4) is 0 Å². The van der Waals surface area contributed by atoms with Gasteiger partial charge in [-0.2, -0.15) is 0 Å². The maximum absolute atomic E-state index is 13.1. The van der Waals surface area contributed by atoms with Gasteiger partial charge in [0.2, 0.25) is 0 Å². The Kier molecular flexibility index (Phi) is 5.44. The minimum atomic E-state index is -3.87. The van der Waals surface area contributed by atoms with Crippen molar-refractivity contribution >= 4 is 32.6 Å². The number of hydrogen-bond donors (Lipinski definition) is 2. The lowest BCUT2D eigenvalue weighted by atomic mass is 9.91. The van der Waals surface area contributed by atoms with E-state index in [0.29, 0.717) is 16.7 Å². The molecular weight excluding hydrogens is 434 g/mol. The second kappa shape index (κ2) is 7.88. The van der Waals surface area contributed by atoms with Gasteiger partial charge in [0, 0.05) is 16.8 Å². The minimum Gasteiger partial charge on any atom is -0.399 e. The molecule has 2 heterocycles. The van der Waals surface area contributed by atoms with Crippen molar-refractivity contribution in [3.8, 4) is 5.69 Å². The number of nitrogens with two attached hydrogens (primary N) is 1. The molecule has 0 spiro atoms. The number of fused-ring (bicyclic) bond motifs is 1. The Morgan fingerprint density at radius 3 is 2.12 bits per heavy atom. The van der Waals surface area contributed by atoms with E-state index in [1.165, 1.54) is 12.1 Å². The van der Waals surface area contributed by atoms with Crippen molar-refractivity contribution in [3.63, 3.8) is 0 Å². The Labute approximate surface area is 194 Å². The molecule has 33 heavy (non-hydrogen) atoms. The highest BCUT2D eigenvalue weighted by Crippen LogP contribution is 2.32. The van der Waals surface area contributed by atoms with Crippen molar-refractivity contribution in [2.45, 2.75) is 51.9 Å². The average molecular weight is 464 g/mol. The highest BCUT2D eigenvalue weighted by Gasteiger charge is 2.24. The fourth-order valence-electron chi connectivity index (χ4n) is 3.98. The second-order valence-electron chi connectivity index (χ2n) is 9.50. The number of anilines is 2. The number of aryl methyl sites for hydroxylation is 3. The summed E-state index contributed by atoms with van der Waals surface area (Å²) in [6, 6.07) is 14.0. The van der Waals surface area contributed by atoms with Crippen molar-refractivity contribution in [1.29, 1.82) is 0 Å². The molecule has 0 aliphatic carbocycles. The topological polar surface area (TPSA) is 103 Å². The molecule has 0 aliphatic heterocycles. The third kappa shape index (κ3) is 4.30. The molecular formula is C25H29N5O2S. The summed E-state index contributed by atoms with van der Waals surface area (Å²) in [7, 11) is -3.87. The molecule has 8 heteroatoms. The number of nitrogens with zero attached hydrogens (tertiary/aromatic N) is 3. The van der Waals surface area contributed by atoms with Gasteiger partial charge in [-0.25, -0.2) is 18.1 Å². The predicted molar refractivity (Wildman–Crippen MR) is 133 cm³/mol. The van der Waals surface area contributed by atoms with Crippen LogP contribution in [0.5, 0.6) is 0 Å². The number of sulfonamides is 1. The third-order valence-electron chi connectivity index (χ3n) is 5.57. The van der Waals surface area contributed by atoms with Gasteiger partial charge in [0.15, 0.2) is 11.5 Å². The smallest absolute Gasteiger partial charge is 0.263 e. The lowest BCUT2D eigenvalue weighted by Crippen LogP contribution is -2.14. The standard InChI is InChI=1S/C25H29N5O2S/c1-15-13-16(2)22(17(3)14-15)30-24-20(11-12-21(27-24)25(4,5)6)23(28-30)29-33(31,32)19-9-7-18(26)8-10-19/h7-14H,26H2,1-6H3,(H,28,29). The molecule has 0 atom stereocenters. The molecule has 4 rings (SSSR count). The van der Waals surface area contributed by atoms with Gasteiger partial charge in [0.25, 0.3) is 10.0 Å². The summed E-state index contributed by atoms with van der Waals surface area (Å²) in [6.07, 6.45) is 0. The molecule has 2 aromatic heterocycles. The van der Waals surface area contributed by atoms with E-state index < -0.39 is 10.0 Å². The van der Waals surface area contributed by atoms with E-state index in [1.54, 1.807) is 16.8 Å². The molecule has 0 amide bonds. The third-order valence-corrected chi connectivity index (χ3v) is 6.92. The van der Waals surface area contributed by atoms with Crippen molar-refractivity contribution in [3.05, 3.63) is 70.9 Å². The summed E-state index contributed by atoms with van der Waals surface area (Å²) in [4.78, 5) is 5.02. The van der Waals surface area contributed by atoms with Crippen LogP contribution in [0.25, 0.3) is 16.7 Å². The zero-order valence-electron chi connectivity index (χ0n) is 19.8. The van der Waals surface area contributed by atoms with Gasteiger partial charge in [-0.05, 0) is 68.3 Å². The average Bonchev–Trinajstić information content (AvgIpc) is 3.04. The Bertz CT molecular complexity index is 1440. The number of hydrogen-bond acceptors (Lipinski definition) is 5. The van der Waals surface area contributed by atoms with Gasteiger partial charge in [-0.15, -0.1) is 5.10 Å². The lowest BCUT2D eigenvalue weighted by Gasteiger charge is -2.18. The van der Waals surface area contributed by atoms with Crippen LogP contribution in [0.4, 0.5) is 11.5 Å². The number of nitrogens with one attached hydrogen (secondary N) is 1. The number of nitrogen functional groups attached to an aromatic ring is 1. The van der Waals surface area contributed by atoms with Gasteiger partial charge in [0.05, 0.1) is 16.0 Å². The SMILES string of the molecule is Cc1cc(C)c(-n2nc(NS(=O)(=O)c3ccc(N)cc3)c3ccc(C(C)(C)C)nc32)c(C)c1. The van der Waals surface area contributed by atoms with Crippen LogP contribution in [0.2, 0.25) is 0 Å². The molecule has 0 saturated carbocycles.